The molecule has 0 fully saturated rings. The van der Waals surface area contributed by atoms with Gasteiger partial charge in [0.1, 0.15) is 6.04 Å². The van der Waals surface area contributed by atoms with Crippen molar-refractivity contribution in [1.82, 2.24) is 5.32 Å². The molecule has 0 radical (unpaired) electrons. The van der Waals surface area contributed by atoms with Crippen LogP contribution in [0.2, 0.25) is 0 Å². The number of carbonyl (C=O) groups excluding carboxylic acids is 1. The molecular weight excluding hydrogens is 319 g/mol. The Labute approximate surface area is 140 Å². The first-order valence-electron chi connectivity index (χ1n) is 7.76. The molecule has 0 aromatic heterocycles. The van der Waals surface area contributed by atoms with Crippen LogP contribution in [0.5, 0.6) is 0 Å². The zero-order chi connectivity index (χ0) is 18.2. The van der Waals surface area contributed by atoms with Gasteiger partial charge in [0.2, 0.25) is 5.54 Å². The number of hydrogen-bond acceptors (Lipinski definition) is 3. The smallest absolute Gasteiger partial charge is 0.422 e. The van der Waals surface area contributed by atoms with Crippen molar-refractivity contribution in [1.29, 1.82) is 0 Å². The standard InChI is InChI=1S/C18H22F3NO2/c1-4-5-6-10-13-17(18(19,20)21,15-11-8-7-9-12-15)22-14(2)16(23)24-3/h7-9,11-12,14,22H,4-6H2,1-3H3. The van der Waals surface area contributed by atoms with Gasteiger partial charge in [-0.25, -0.2) is 0 Å². The van der Waals surface area contributed by atoms with Crippen LogP contribution in [0.4, 0.5) is 13.2 Å². The van der Waals surface area contributed by atoms with E-state index in [1.807, 2.05) is 6.92 Å². The first-order valence-corrected chi connectivity index (χ1v) is 7.76. The summed E-state index contributed by atoms with van der Waals surface area (Å²) in [5, 5.41) is 2.34. The summed E-state index contributed by atoms with van der Waals surface area (Å²) in [6.45, 7) is 3.26. The number of rotatable bonds is 6. The predicted octanol–water partition coefficient (Wildman–Crippen LogP) is 3.79. The molecule has 1 rings (SSSR count). The number of esters is 1. The highest BCUT2D eigenvalue weighted by Gasteiger charge is 2.56. The van der Waals surface area contributed by atoms with Crippen LogP contribution >= 0.6 is 0 Å². The first kappa shape index (κ1) is 20.0. The van der Waals surface area contributed by atoms with Crippen molar-refractivity contribution in [2.45, 2.75) is 50.9 Å². The molecule has 0 amide bonds. The number of nitrogens with one attached hydrogen (secondary N) is 1. The average Bonchev–Trinajstić information content (AvgIpc) is 2.56. The van der Waals surface area contributed by atoms with Crippen molar-refractivity contribution >= 4 is 5.97 Å². The lowest BCUT2D eigenvalue weighted by Crippen LogP contribution is -2.57. The number of benzene rings is 1. The summed E-state index contributed by atoms with van der Waals surface area (Å²) in [5.74, 6) is 4.17. The summed E-state index contributed by atoms with van der Waals surface area (Å²) in [4.78, 5) is 11.6. The topological polar surface area (TPSA) is 38.3 Å². The number of unbranched alkanes of at least 4 members (excludes halogenated alkanes) is 2. The summed E-state index contributed by atoms with van der Waals surface area (Å²) in [6, 6.07) is 6.16. The van der Waals surface area contributed by atoms with E-state index in [1.54, 1.807) is 6.07 Å². The van der Waals surface area contributed by atoms with E-state index in [-0.39, 0.29) is 5.56 Å². The molecule has 0 aliphatic heterocycles. The molecular formula is C18H22F3NO2. The molecule has 3 nitrogen and oxygen atoms in total. The van der Waals surface area contributed by atoms with Crippen LogP contribution in [0.15, 0.2) is 30.3 Å². The Bertz CT molecular complexity index is 590. The number of methoxy groups -OCH3 is 1. The second kappa shape index (κ2) is 8.74. The zero-order valence-corrected chi connectivity index (χ0v) is 14.0. The van der Waals surface area contributed by atoms with E-state index in [9.17, 15) is 18.0 Å². The molecule has 0 aliphatic carbocycles. The van der Waals surface area contributed by atoms with E-state index in [2.05, 4.69) is 21.9 Å². The van der Waals surface area contributed by atoms with E-state index in [1.165, 1.54) is 31.2 Å². The highest BCUT2D eigenvalue weighted by Crippen LogP contribution is 2.39. The van der Waals surface area contributed by atoms with Crippen LogP contribution in [-0.2, 0) is 15.1 Å². The third-order valence-corrected chi connectivity index (χ3v) is 3.55. The normalized spacial score (nSPS) is 14.9. The zero-order valence-electron chi connectivity index (χ0n) is 14.0. The SMILES string of the molecule is CCCCC#CC(NC(C)C(=O)OC)(c1ccccc1)C(F)(F)F. The van der Waals surface area contributed by atoms with Crippen LogP contribution in [0, 0.1) is 11.8 Å². The third kappa shape index (κ3) is 4.75. The van der Waals surface area contributed by atoms with Gasteiger partial charge in [-0.15, -0.1) is 5.92 Å². The maximum absolute atomic E-state index is 14.0. The van der Waals surface area contributed by atoms with Crippen LogP contribution in [0.1, 0.15) is 38.7 Å². The minimum atomic E-state index is -4.71. The van der Waals surface area contributed by atoms with Crippen molar-refractivity contribution in [2.75, 3.05) is 7.11 Å². The van der Waals surface area contributed by atoms with Crippen LogP contribution < -0.4 is 5.32 Å². The molecule has 24 heavy (non-hydrogen) atoms. The van der Waals surface area contributed by atoms with Crippen molar-refractivity contribution in [3.05, 3.63) is 35.9 Å². The fraction of sp³-hybridized carbons (Fsp3) is 0.500. The maximum Gasteiger partial charge on any atom is 0.422 e. The van der Waals surface area contributed by atoms with Gasteiger partial charge in [0.05, 0.1) is 7.11 Å². The monoisotopic (exact) mass is 341 g/mol. The number of alkyl halides is 3. The van der Waals surface area contributed by atoms with Gasteiger partial charge < -0.3 is 4.74 Å². The molecule has 2 unspecified atom stereocenters. The van der Waals surface area contributed by atoms with E-state index in [0.717, 1.165) is 13.5 Å². The van der Waals surface area contributed by atoms with Crippen molar-refractivity contribution in [2.24, 2.45) is 0 Å². The summed E-state index contributed by atoms with van der Waals surface area (Å²) < 4.78 is 46.5. The van der Waals surface area contributed by atoms with Crippen LogP contribution in [0.25, 0.3) is 0 Å². The molecule has 0 saturated carbocycles. The number of hydrogen-bond donors (Lipinski definition) is 1. The second-order valence-electron chi connectivity index (χ2n) is 5.41. The summed E-state index contributed by atoms with van der Waals surface area (Å²) in [7, 11) is 1.13. The van der Waals surface area contributed by atoms with E-state index >= 15 is 0 Å². The van der Waals surface area contributed by atoms with Crippen LogP contribution in [-0.4, -0.2) is 25.3 Å². The Morgan fingerprint density at radius 1 is 1.29 bits per heavy atom. The predicted molar refractivity (Wildman–Crippen MR) is 86.1 cm³/mol. The Kier molecular flexibility index (Phi) is 7.30. The largest absolute Gasteiger partial charge is 0.468 e. The van der Waals surface area contributed by atoms with Gasteiger partial charge in [-0.1, -0.05) is 49.6 Å². The highest BCUT2D eigenvalue weighted by molar-refractivity contribution is 5.75. The van der Waals surface area contributed by atoms with Crippen LogP contribution in [0.3, 0.4) is 0 Å². The molecule has 0 heterocycles. The summed E-state index contributed by atoms with van der Waals surface area (Å²) >= 11 is 0. The van der Waals surface area contributed by atoms with Gasteiger partial charge in [-0.05, 0) is 18.9 Å². The Morgan fingerprint density at radius 2 is 1.92 bits per heavy atom. The molecule has 1 aromatic carbocycles. The lowest BCUT2D eigenvalue weighted by Gasteiger charge is -2.34. The van der Waals surface area contributed by atoms with Gasteiger partial charge in [-0.2, -0.15) is 13.2 Å². The Morgan fingerprint density at radius 3 is 2.42 bits per heavy atom. The van der Waals surface area contributed by atoms with Crippen molar-refractivity contribution in [3.8, 4) is 11.8 Å². The number of ether oxygens (including phenoxy) is 1. The molecule has 2 atom stereocenters. The molecule has 1 aromatic rings. The minimum Gasteiger partial charge on any atom is -0.468 e. The quantitative estimate of drug-likeness (QED) is 0.486. The van der Waals surface area contributed by atoms with Gasteiger partial charge in [-0.3, -0.25) is 10.1 Å². The summed E-state index contributed by atoms with van der Waals surface area (Å²) in [6.07, 6.45) is -2.81. The van der Waals surface area contributed by atoms with Gasteiger partial charge in [0.25, 0.3) is 0 Å². The van der Waals surface area contributed by atoms with Gasteiger partial charge in [0.15, 0.2) is 0 Å². The highest BCUT2D eigenvalue weighted by atomic mass is 19.4. The molecule has 6 heteroatoms. The Hall–Kier alpha value is -2.00. The molecule has 1 N–H and O–H groups in total. The number of carbonyl (C=O) groups is 1. The third-order valence-electron chi connectivity index (χ3n) is 3.55. The van der Waals surface area contributed by atoms with Crippen molar-refractivity contribution < 1.29 is 22.7 Å². The summed E-state index contributed by atoms with van der Waals surface area (Å²) in [5.41, 5.74) is -2.69. The Balaban J connectivity index is 3.38. The van der Waals surface area contributed by atoms with E-state index < -0.39 is 23.7 Å². The lowest BCUT2D eigenvalue weighted by atomic mass is 9.88. The number of halogens is 3. The molecule has 0 bridgehead atoms. The first-order chi connectivity index (χ1) is 11.3. The second-order valence-corrected chi connectivity index (χ2v) is 5.41. The van der Waals surface area contributed by atoms with E-state index in [0.29, 0.717) is 12.8 Å². The fourth-order valence-electron chi connectivity index (χ4n) is 2.22. The average molecular weight is 341 g/mol. The molecule has 132 valence electrons. The molecule has 0 spiro atoms. The van der Waals surface area contributed by atoms with Gasteiger partial charge >= 0.3 is 12.1 Å². The van der Waals surface area contributed by atoms with Crippen molar-refractivity contribution in [3.63, 3.8) is 0 Å². The lowest BCUT2D eigenvalue weighted by molar-refractivity contribution is -0.185. The minimum absolute atomic E-state index is 0.0581. The molecule has 0 aliphatic rings. The van der Waals surface area contributed by atoms with E-state index in [4.69, 9.17) is 0 Å². The fourth-order valence-corrected chi connectivity index (χ4v) is 2.22. The maximum atomic E-state index is 14.0. The molecule has 0 saturated heterocycles. The van der Waals surface area contributed by atoms with Gasteiger partial charge in [0, 0.05) is 6.42 Å².